The summed E-state index contributed by atoms with van der Waals surface area (Å²) in [5.41, 5.74) is 2.56. The molecule has 1 fully saturated rings. The molecule has 8 nitrogen and oxygen atoms in total. The van der Waals surface area contributed by atoms with Crippen LogP contribution in [0.4, 0.5) is 10.5 Å². The van der Waals surface area contributed by atoms with E-state index in [1.54, 1.807) is 11.7 Å². The molecule has 3 aromatic rings. The van der Waals surface area contributed by atoms with Gasteiger partial charge in [0.05, 0.1) is 13.7 Å². The van der Waals surface area contributed by atoms with Crippen LogP contribution in [-0.2, 0) is 6.54 Å². The molecule has 1 aromatic heterocycles. The normalized spacial score (nSPS) is 13.1. The molecule has 4 rings (SSSR count). The number of carbonyl (C=O) groups excluding carboxylic acids is 1. The maximum absolute atomic E-state index is 12.9. The Balaban J connectivity index is 1.43. The van der Waals surface area contributed by atoms with Gasteiger partial charge in [0.25, 0.3) is 0 Å². The van der Waals surface area contributed by atoms with Crippen molar-refractivity contribution in [3.05, 3.63) is 64.6 Å². The van der Waals surface area contributed by atoms with E-state index < -0.39 is 0 Å². The molecule has 1 aliphatic rings. The lowest BCUT2D eigenvalue weighted by atomic mass is 10.2. The number of urea groups is 1. The molecule has 0 unspecified atom stereocenters. The number of amides is 2. The van der Waals surface area contributed by atoms with Gasteiger partial charge in [0.2, 0.25) is 0 Å². The molecular weight excluding hydrogens is 382 g/mol. The fraction of sp³-hybridized carbons (Fsp3) is 0.318. The summed E-state index contributed by atoms with van der Waals surface area (Å²) in [5.74, 6) is 1.40. The Hall–Kier alpha value is -3.55. The molecule has 30 heavy (non-hydrogen) atoms. The average Bonchev–Trinajstić information content (AvgIpc) is 3.54. The second-order valence-corrected chi connectivity index (χ2v) is 7.41. The molecule has 1 saturated carbocycles. The van der Waals surface area contributed by atoms with Crippen LogP contribution in [0.25, 0.3) is 11.4 Å². The second-order valence-electron chi connectivity index (χ2n) is 7.41. The van der Waals surface area contributed by atoms with Crippen molar-refractivity contribution in [3.8, 4) is 17.1 Å². The van der Waals surface area contributed by atoms with Gasteiger partial charge in [-0.15, -0.1) is 5.10 Å². The van der Waals surface area contributed by atoms with Crippen molar-refractivity contribution >= 4 is 11.7 Å². The van der Waals surface area contributed by atoms with Crippen molar-refractivity contribution < 1.29 is 9.53 Å². The van der Waals surface area contributed by atoms with Crippen LogP contribution >= 0.6 is 0 Å². The van der Waals surface area contributed by atoms with Gasteiger partial charge in [-0.3, -0.25) is 4.57 Å². The van der Waals surface area contributed by atoms with E-state index in [2.05, 4.69) is 15.7 Å². The minimum atomic E-state index is -0.316. The van der Waals surface area contributed by atoms with E-state index in [1.165, 1.54) is 4.68 Å². The van der Waals surface area contributed by atoms with Gasteiger partial charge in [-0.1, -0.05) is 17.7 Å². The highest BCUT2D eigenvalue weighted by Gasteiger charge is 2.30. The van der Waals surface area contributed by atoms with E-state index in [1.807, 2.05) is 55.5 Å². The topological polar surface area (TPSA) is 90.2 Å². The number of rotatable bonds is 7. The number of nitrogens with zero attached hydrogens (tertiary/aromatic N) is 3. The minimum absolute atomic E-state index is 0.149. The summed E-state index contributed by atoms with van der Waals surface area (Å²) in [6.07, 6.45) is 1.96. The Labute approximate surface area is 174 Å². The molecule has 0 saturated heterocycles. The van der Waals surface area contributed by atoms with Crippen molar-refractivity contribution in [1.82, 2.24) is 19.7 Å². The number of benzene rings is 2. The molecule has 8 heteroatoms. The molecule has 0 spiro atoms. The molecule has 0 aliphatic heterocycles. The number of nitrogens with one attached hydrogen (secondary N) is 2. The molecule has 1 aliphatic carbocycles. The van der Waals surface area contributed by atoms with Crippen LogP contribution in [0.3, 0.4) is 0 Å². The third-order valence-electron chi connectivity index (χ3n) is 5.05. The summed E-state index contributed by atoms with van der Waals surface area (Å²) in [6.45, 7) is 2.58. The van der Waals surface area contributed by atoms with E-state index in [-0.39, 0.29) is 17.8 Å². The predicted molar refractivity (Wildman–Crippen MR) is 115 cm³/mol. The molecule has 2 amide bonds. The monoisotopic (exact) mass is 407 g/mol. The fourth-order valence-electron chi connectivity index (χ4n) is 3.25. The summed E-state index contributed by atoms with van der Waals surface area (Å²) in [5, 5.41) is 10.1. The quantitative estimate of drug-likeness (QED) is 0.629. The number of methoxy groups -OCH3 is 1. The number of carbonyl (C=O) groups is 1. The largest absolute Gasteiger partial charge is 0.497 e. The molecule has 0 radical (unpaired) electrons. The highest BCUT2D eigenvalue weighted by atomic mass is 16.5. The SMILES string of the molecule is COc1ccc(-c2nn(CCNC(=O)Nc3ccc(C)cc3)c(=O)n2C2CC2)cc1. The average molecular weight is 407 g/mol. The summed E-state index contributed by atoms with van der Waals surface area (Å²) in [4.78, 5) is 25.0. The highest BCUT2D eigenvalue weighted by Crippen LogP contribution is 2.36. The van der Waals surface area contributed by atoms with Crippen molar-refractivity contribution in [2.24, 2.45) is 0 Å². The number of anilines is 1. The maximum atomic E-state index is 12.9. The van der Waals surface area contributed by atoms with E-state index in [0.717, 1.165) is 35.4 Å². The first-order valence-corrected chi connectivity index (χ1v) is 10.0. The molecule has 2 aromatic carbocycles. The summed E-state index contributed by atoms with van der Waals surface area (Å²) in [6, 6.07) is 14.9. The summed E-state index contributed by atoms with van der Waals surface area (Å²) in [7, 11) is 1.62. The lowest BCUT2D eigenvalue weighted by Gasteiger charge is -2.07. The van der Waals surface area contributed by atoms with Gasteiger partial charge in [-0.25, -0.2) is 14.3 Å². The van der Waals surface area contributed by atoms with Crippen LogP contribution < -0.4 is 21.1 Å². The van der Waals surface area contributed by atoms with Gasteiger partial charge in [0.15, 0.2) is 5.82 Å². The Bertz CT molecular complexity index is 1080. The molecule has 2 N–H and O–H groups in total. The number of aromatic nitrogens is 3. The number of hydrogen-bond donors (Lipinski definition) is 2. The maximum Gasteiger partial charge on any atom is 0.346 e. The Morgan fingerprint density at radius 2 is 1.83 bits per heavy atom. The Morgan fingerprint density at radius 3 is 2.47 bits per heavy atom. The zero-order valence-electron chi connectivity index (χ0n) is 17.1. The second kappa shape index (κ2) is 8.44. The summed E-state index contributed by atoms with van der Waals surface area (Å²) < 4.78 is 8.39. The third kappa shape index (κ3) is 4.37. The fourth-order valence-corrected chi connectivity index (χ4v) is 3.25. The van der Waals surface area contributed by atoms with Gasteiger partial charge in [0.1, 0.15) is 5.75 Å². The number of hydrogen-bond acceptors (Lipinski definition) is 4. The van der Waals surface area contributed by atoms with Crippen LogP contribution in [0, 0.1) is 6.92 Å². The van der Waals surface area contributed by atoms with Gasteiger partial charge >= 0.3 is 11.7 Å². The van der Waals surface area contributed by atoms with Crippen LogP contribution in [0.2, 0.25) is 0 Å². The molecular formula is C22H25N5O3. The summed E-state index contributed by atoms with van der Waals surface area (Å²) >= 11 is 0. The molecule has 1 heterocycles. The van der Waals surface area contributed by atoms with Crippen molar-refractivity contribution in [3.63, 3.8) is 0 Å². The van der Waals surface area contributed by atoms with Crippen molar-refractivity contribution in [1.29, 1.82) is 0 Å². The van der Waals surface area contributed by atoms with Gasteiger partial charge in [0, 0.05) is 23.8 Å². The molecule has 0 bridgehead atoms. The number of ether oxygens (including phenoxy) is 1. The molecule has 0 atom stereocenters. The zero-order valence-corrected chi connectivity index (χ0v) is 17.1. The first-order valence-electron chi connectivity index (χ1n) is 10.0. The van der Waals surface area contributed by atoms with Crippen LogP contribution in [0.5, 0.6) is 5.75 Å². The van der Waals surface area contributed by atoms with Crippen molar-refractivity contribution in [2.45, 2.75) is 32.4 Å². The van der Waals surface area contributed by atoms with E-state index >= 15 is 0 Å². The van der Waals surface area contributed by atoms with E-state index in [9.17, 15) is 9.59 Å². The van der Waals surface area contributed by atoms with Crippen LogP contribution in [-0.4, -0.2) is 34.0 Å². The first-order chi connectivity index (χ1) is 14.5. The molecule has 156 valence electrons. The predicted octanol–water partition coefficient (Wildman–Crippen LogP) is 3.19. The van der Waals surface area contributed by atoms with Crippen LogP contribution in [0.1, 0.15) is 24.4 Å². The standard InChI is InChI=1S/C22H25N5O3/c1-15-3-7-17(8-4-15)24-21(28)23-13-14-26-22(29)27(18-9-10-18)20(25-26)16-5-11-19(30-2)12-6-16/h3-8,11-12,18H,9-10,13-14H2,1-2H3,(H2,23,24,28). The van der Waals surface area contributed by atoms with Gasteiger partial charge in [-0.05, 0) is 56.2 Å². The first kappa shape index (κ1) is 19.8. The van der Waals surface area contributed by atoms with Gasteiger partial charge in [-0.2, -0.15) is 0 Å². The Morgan fingerprint density at radius 1 is 1.13 bits per heavy atom. The van der Waals surface area contributed by atoms with Crippen molar-refractivity contribution in [2.75, 3.05) is 19.0 Å². The number of aryl methyl sites for hydroxylation is 1. The smallest absolute Gasteiger partial charge is 0.346 e. The highest BCUT2D eigenvalue weighted by molar-refractivity contribution is 5.89. The third-order valence-corrected chi connectivity index (χ3v) is 5.05. The lowest BCUT2D eigenvalue weighted by molar-refractivity contribution is 0.251. The Kier molecular flexibility index (Phi) is 5.56. The van der Waals surface area contributed by atoms with Crippen LogP contribution in [0.15, 0.2) is 53.3 Å². The van der Waals surface area contributed by atoms with E-state index in [0.29, 0.717) is 18.9 Å². The zero-order chi connectivity index (χ0) is 21.1. The van der Waals surface area contributed by atoms with E-state index in [4.69, 9.17) is 4.74 Å². The lowest BCUT2D eigenvalue weighted by Crippen LogP contribution is -2.34. The minimum Gasteiger partial charge on any atom is -0.497 e. The van der Waals surface area contributed by atoms with Gasteiger partial charge < -0.3 is 15.4 Å².